The van der Waals surface area contributed by atoms with Gasteiger partial charge in [-0.2, -0.15) is 11.3 Å². The Morgan fingerprint density at radius 2 is 2.12 bits per heavy atom. The SMILES string of the molecule is COC(C)(C)CC(C)NCc1cscc1C. The second kappa shape index (κ2) is 5.80. The zero-order valence-electron chi connectivity index (χ0n) is 11.0. The van der Waals surface area contributed by atoms with Gasteiger partial charge in [-0.15, -0.1) is 0 Å². The molecule has 0 aliphatic carbocycles. The third-order valence-corrected chi connectivity index (χ3v) is 3.86. The van der Waals surface area contributed by atoms with E-state index in [1.54, 1.807) is 18.4 Å². The molecule has 0 saturated heterocycles. The Morgan fingerprint density at radius 1 is 1.44 bits per heavy atom. The molecule has 0 fully saturated rings. The molecule has 0 saturated carbocycles. The van der Waals surface area contributed by atoms with Crippen LogP contribution in [0.25, 0.3) is 0 Å². The number of hydrogen-bond acceptors (Lipinski definition) is 3. The van der Waals surface area contributed by atoms with Crippen LogP contribution in [0.15, 0.2) is 10.8 Å². The molecular weight excluding hydrogens is 218 g/mol. The van der Waals surface area contributed by atoms with Gasteiger partial charge in [0.25, 0.3) is 0 Å². The predicted octanol–water partition coefficient (Wildman–Crippen LogP) is 3.35. The van der Waals surface area contributed by atoms with Gasteiger partial charge in [0.05, 0.1) is 5.60 Å². The van der Waals surface area contributed by atoms with E-state index >= 15 is 0 Å². The Morgan fingerprint density at radius 3 is 2.62 bits per heavy atom. The molecule has 1 N–H and O–H groups in total. The number of aryl methyl sites for hydroxylation is 1. The van der Waals surface area contributed by atoms with Crippen LogP contribution in [-0.4, -0.2) is 18.8 Å². The lowest BCUT2D eigenvalue weighted by molar-refractivity contribution is 0.00844. The number of methoxy groups -OCH3 is 1. The normalized spacial score (nSPS) is 14.1. The van der Waals surface area contributed by atoms with Crippen LogP contribution in [0.4, 0.5) is 0 Å². The van der Waals surface area contributed by atoms with Crippen LogP contribution < -0.4 is 5.32 Å². The minimum Gasteiger partial charge on any atom is -0.379 e. The Bertz CT molecular complexity index is 319. The summed E-state index contributed by atoms with van der Waals surface area (Å²) in [5, 5.41) is 7.96. The van der Waals surface area contributed by atoms with E-state index in [0.717, 1.165) is 13.0 Å². The van der Waals surface area contributed by atoms with Crippen LogP contribution in [0.3, 0.4) is 0 Å². The molecule has 3 heteroatoms. The van der Waals surface area contributed by atoms with Crippen molar-refractivity contribution in [3.8, 4) is 0 Å². The van der Waals surface area contributed by atoms with Gasteiger partial charge in [0.15, 0.2) is 0 Å². The van der Waals surface area contributed by atoms with E-state index in [4.69, 9.17) is 4.74 Å². The number of hydrogen-bond donors (Lipinski definition) is 1. The van der Waals surface area contributed by atoms with Crippen molar-refractivity contribution in [3.63, 3.8) is 0 Å². The molecule has 1 atom stereocenters. The summed E-state index contributed by atoms with van der Waals surface area (Å²) in [5.74, 6) is 0. The number of ether oxygens (including phenoxy) is 1. The molecule has 0 amide bonds. The van der Waals surface area contributed by atoms with Crippen molar-refractivity contribution in [2.75, 3.05) is 7.11 Å². The van der Waals surface area contributed by atoms with Crippen molar-refractivity contribution in [2.24, 2.45) is 0 Å². The smallest absolute Gasteiger partial charge is 0.0637 e. The van der Waals surface area contributed by atoms with Crippen LogP contribution in [-0.2, 0) is 11.3 Å². The Labute approximate surface area is 103 Å². The third kappa shape index (κ3) is 4.24. The first-order chi connectivity index (χ1) is 7.44. The van der Waals surface area contributed by atoms with Gasteiger partial charge in [0.2, 0.25) is 0 Å². The van der Waals surface area contributed by atoms with Crippen molar-refractivity contribution in [2.45, 2.75) is 52.3 Å². The number of thiophene rings is 1. The summed E-state index contributed by atoms with van der Waals surface area (Å²) in [6.07, 6.45) is 1.02. The molecule has 0 spiro atoms. The zero-order valence-corrected chi connectivity index (χ0v) is 11.8. The van der Waals surface area contributed by atoms with Gasteiger partial charge in [0, 0.05) is 19.7 Å². The van der Waals surface area contributed by atoms with E-state index in [1.807, 2.05) is 0 Å². The van der Waals surface area contributed by atoms with Gasteiger partial charge < -0.3 is 10.1 Å². The fraction of sp³-hybridized carbons (Fsp3) is 0.692. The van der Waals surface area contributed by atoms with Gasteiger partial charge in [-0.05, 0) is 56.0 Å². The molecule has 1 unspecified atom stereocenters. The summed E-state index contributed by atoms with van der Waals surface area (Å²) in [7, 11) is 1.77. The molecule has 1 heterocycles. The average molecular weight is 241 g/mol. The van der Waals surface area contributed by atoms with E-state index in [0.29, 0.717) is 6.04 Å². The van der Waals surface area contributed by atoms with Crippen LogP contribution in [0.5, 0.6) is 0 Å². The predicted molar refractivity (Wildman–Crippen MR) is 71.1 cm³/mol. The summed E-state index contributed by atoms with van der Waals surface area (Å²) < 4.78 is 5.43. The highest BCUT2D eigenvalue weighted by atomic mass is 32.1. The standard InChI is InChI=1S/C13H23NOS/c1-10-8-16-9-12(10)7-14-11(2)6-13(3,4)15-5/h8-9,11,14H,6-7H2,1-5H3. The molecule has 2 nitrogen and oxygen atoms in total. The molecule has 16 heavy (non-hydrogen) atoms. The van der Waals surface area contributed by atoms with E-state index in [1.165, 1.54) is 11.1 Å². The summed E-state index contributed by atoms with van der Waals surface area (Å²) in [6, 6.07) is 0.467. The molecule has 1 rings (SSSR count). The minimum absolute atomic E-state index is 0.0455. The van der Waals surface area contributed by atoms with Crippen LogP contribution in [0, 0.1) is 6.92 Å². The quantitative estimate of drug-likeness (QED) is 0.824. The van der Waals surface area contributed by atoms with Crippen molar-refractivity contribution < 1.29 is 4.74 Å². The largest absolute Gasteiger partial charge is 0.379 e. The fourth-order valence-corrected chi connectivity index (χ4v) is 2.60. The second-order valence-electron chi connectivity index (χ2n) is 5.03. The van der Waals surface area contributed by atoms with E-state index in [2.05, 4.69) is 43.8 Å². The second-order valence-corrected chi connectivity index (χ2v) is 5.77. The van der Waals surface area contributed by atoms with Crippen LogP contribution in [0.2, 0.25) is 0 Å². The average Bonchev–Trinajstić information content (AvgIpc) is 2.60. The summed E-state index contributed by atoms with van der Waals surface area (Å²) in [5.41, 5.74) is 2.75. The molecule has 1 aromatic rings. The molecule has 0 aromatic carbocycles. The monoisotopic (exact) mass is 241 g/mol. The maximum atomic E-state index is 5.43. The van der Waals surface area contributed by atoms with Gasteiger partial charge >= 0.3 is 0 Å². The first kappa shape index (κ1) is 13.7. The third-order valence-electron chi connectivity index (χ3n) is 2.95. The molecule has 0 radical (unpaired) electrons. The summed E-state index contributed by atoms with van der Waals surface area (Å²) in [6.45, 7) is 9.58. The first-order valence-electron chi connectivity index (χ1n) is 5.75. The summed E-state index contributed by atoms with van der Waals surface area (Å²) in [4.78, 5) is 0. The molecule has 0 aliphatic heterocycles. The van der Waals surface area contributed by atoms with Crippen molar-refractivity contribution in [3.05, 3.63) is 21.9 Å². The molecule has 92 valence electrons. The summed E-state index contributed by atoms with van der Waals surface area (Å²) >= 11 is 1.77. The van der Waals surface area contributed by atoms with E-state index < -0.39 is 0 Å². The van der Waals surface area contributed by atoms with Crippen molar-refractivity contribution in [1.29, 1.82) is 0 Å². The minimum atomic E-state index is -0.0455. The highest BCUT2D eigenvalue weighted by Gasteiger charge is 2.19. The number of nitrogens with one attached hydrogen (secondary N) is 1. The molecule has 0 aliphatic rings. The number of rotatable bonds is 6. The molecule has 1 aromatic heterocycles. The Balaban J connectivity index is 2.36. The zero-order chi connectivity index (χ0) is 12.2. The lowest BCUT2D eigenvalue weighted by Gasteiger charge is -2.27. The van der Waals surface area contributed by atoms with Crippen LogP contribution >= 0.6 is 11.3 Å². The lowest BCUT2D eigenvalue weighted by Crippen LogP contribution is -2.35. The maximum absolute atomic E-state index is 5.43. The fourth-order valence-electron chi connectivity index (χ4n) is 1.74. The van der Waals surface area contributed by atoms with Crippen LogP contribution in [0.1, 0.15) is 38.3 Å². The molecule has 0 bridgehead atoms. The highest BCUT2D eigenvalue weighted by molar-refractivity contribution is 7.08. The van der Waals surface area contributed by atoms with Crippen molar-refractivity contribution >= 4 is 11.3 Å². The van der Waals surface area contributed by atoms with Gasteiger partial charge in [-0.1, -0.05) is 0 Å². The lowest BCUT2D eigenvalue weighted by atomic mass is 10.00. The topological polar surface area (TPSA) is 21.3 Å². The molecular formula is C13H23NOS. The maximum Gasteiger partial charge on any atom is 0.0637 e. The van der Waals surface area contributed by atoms with Crippen molar-refractivity contribution in [1.82, 2.24) is 5.32 Å². The van der Waals surface area contributed by atoms with Gasteiger partial charge in [0.1, 0.15) is 0 Å². The van der Waals surface area contributed by atoms with Gasteiger partial charge in [-0.25, -0.2) is 0 Å². The highest BCUT2D eigenvalue weighted by Crippen LogP contribution is 2.17. The van der Waals surface area contributed by atoms with Gasteiger partial charge in [-0.3, -0.25) is 0 Å². The van der Waals surface area contributed by atoms with E-state index in [-0.39, 0.29) is 5.60 Å². The van der Waals surface area contributed by atoms with E-state index in [9.17, 15) is 0 Å². The Kier molecular flexibility index (Phi) is 4.96. The first-order valence-corrected chi connectivity index (χ1v) is 6.69. The Hall–Kier alpha value is -0.380.